The third-order valence-corrected chi connectivity index (χ3v) is 4.88. The van der Waals surface area contributed by atoms with Crippen molar-refractivity contribution in [3.05, 3.63) is 35.0 Å². The zero-order valence-corrected chi connectivity index (χ0v) is 12.1. The van der Waals surface area contributed by atoms with Gasteiger partial charge < -0.3 is 9.09 Å². The Kier molecular flexibility index (Phi) is 3.14. The molecule has 3 heterocycles. The summed E-state index contributed by atoms with van der Waals surface area (Å²) in [5.74, 6) is 0.0939. The van der Waals surface area contributed by atoms with Crippen LogP contribution in [0.25, 0.3) is 11.5 Å². The van der Waals surface area contributed by atoms with Gasteiger partial charge in [-0.3, -0.25) is 0 Å². The van der Waals surface area contributed by atoms with Crippen LogP contribution in [0.5, 0.6) is 0 Å². The van der Waals surface area contributed by atoms with E-state index in [1.807, 2.05) is 16.8 Å². The van der Waals surface area contributed by atoms with Gasteiger partial charge in [0.05, 0.1) is 5.56 Å². The molecule has 0 saturated carbocycles. The van der Waals surface area contributed by atoms with Gasteiger partial charge in [-0.2, -0.15) is 16.3 Å². The van der Waals surface area contributed by atoms with Gasteiger partial charge in [-0.25, -0.2) is 13.4 Å². The van der Waals surface area contributed by atoms with Gasteiger partial charge in [0.2, 0.25) is 15.0 Å². The van der Waals surface area contributed by atoms with E-state index in [0.29, 0.717) is 5.89 Å². The Morgan fingerprint density at radius 3 is 2.95 bits per heavy atom. The van der Waals surface area contributed by atoms with E-state index < -0.39 is 9.84 Å². The zero-order valence-electron chi connectivity index (χ0n) is 10.4. The highest BCUT2D eigenvalue weighted by Gasteiger charge is 2.23. The highest BCUT2D eigenvalue weighted by molar-refractivity contribution is 7.90. The van der Waals surface area contributed by atoms with E-state index in [9.17, 15) is 8.42 Å². The molecule has 0 unspecified atom stereocenters. The van der Waals surface area contributed by atoms with Crippen LogP contribution in [0.15, 0.2) is 38.9 Å². The molecule has 20 heavy (non-hydrogen) atoms. The van der Waals surface area contributed by atoms with Crippen LogP contribution < -0.4 is 0 Å². The minimum absolute atomic E-state index is 0.0145. The summed E-state index contributed by atoms with van der Waals surface area (Å²) in [5, 5.41) is 7.42. The number of imidazole rings is 1. The van der Waals surface area contributed by atoms with Gasteiger partial charge in [0.15, 0.2) is 5.82 Å². The summed E-state index contributed by atoms with van der Waals surface area (Å²) in [6.45, 7) is 0. The number of hydrogen-bond donors (Lipinski definition) is 0. The highest BCUT2D eigenvalue weighted by Crippen LogP contribution is 2.21. The number of sulfone groups is 1. The van der Waals surface area contributed by atoms with Gasteiger partial charge in [0, 0.05) is 24.8 Å². The molecule has 3 rings (SSSR count). The second-order valence-electron chi connectivity index (χ2n) is 4.11. The van der Waals surface area contributed by atoms with Crippen LogP contribution in [0.4, 0.5) is 0 Å². The first-order chi connectivity index (χ1) is 9.56. The fraction of sp³-hybridized carbons (Fsp3) is 0.182. The predicted octanol–water partition coefficient (Wildman–Crippen LogP) is 1.51. The molecule has 3 aromatic rings. The van der Waals surface area contributed by atoms with Crippen molar-refractivity contribution in [1.29, 1.82) is 0 Å². The van der Waals surface area contributed by atoms with E-state index in [0.717, 1.165) is 5.56 Å². The van der Waals surface area contributed by atoms with E-state index >= 15 is 0 Å². The van der Waals surface area contributed by atoms with E-state index in [4.69, 9.17) is 4.52 Å². The number of nitrogens with zero attached hydrogens (tertiary/aromatic N) is 4. The van der Waals surface area contributed by atoms with Gasteiger partial charge in [-0.1, -0.05) is 5.16 Å². The van der Waals surface area contributed by atoms with Crippen molar-refractivity contribution in [2.45, 2.75) is 10.9 Å². The monoisotopic (exact) mass is 310 g/mol. The third kappa shape index (κ3) is 2.37. The molecule has 0 radical (unpaired) electrons. The maximum Gasteiger partial charge on any atom is 0.258 e. The van der Waals surface area contributed by atoms with Crippen molar-refractivity contribution < 1.29 is 12.9 Å². The predicted molar refractivity (Wildman–Crippen MR) is 71.7 cm³/mol. The highest BCUT2D eigenvalue weighted by atomic mass is 32.2. The van der Waals surface area contributed by atoms with Crippen molar-refractivity contribution >= 4 is 21.2 Å². The number of rotatable bonds is 4. The molecule has 0 bridgehead atoms. The normalized spacial score (nSPS) is 11.8. The molecule has 0 atom stereocenters. The van der Waals surface area contributed by atoms with Crippen molar-refractivity contribution in [2.75, 3.05) is 0 Å². The second-order valence-corrected chi connectivity index (χ2v) is 6.77. The Hall–Kier alpha value is -2.00. The molecule has 104 valence electrons. The van der Waals surface area contributed by atoms with Gasteiger partial charge in [-0.15, -0.1) is 0 Å². The Balaban J connectivity index is 1.87. The summed E-state index contributed by atoms with van der Waals surface area (Å²) in [5.41, 5.74) is 0.781. The van der Waals surface area contributed by atoms with Crippen molar-refractivity contribution in [2.24, 2.45) is 7.05 Å². The number of hydrogen-bond acceptors (Lipinski definition) is 7. The SMILES string of the molecule is Cn1ccnc1S(=O)(=O)Cc1noc(-c2ccsc2)n1. The first-order valence-corrected chi connectivity index (χ1v) is 8.21. The quantitative estimate of drug-likeness (QED) is 0.725. The average molecular weight is 310 g/mol. The van der Waals surface area contributed by atoms with Crippen LogP contribution in [0, 0.1) is 0 Å². The standard InChI is InChI=1S/C11H10N4O3S2/c1-15-4-3-12-11(15)20(16,17)7-9-13-10(18-14-9)8-2-5-19-6-8/h2-6H,7H2,1H3. The number of aromatic nitrogens is 4. The van der Waals surface area contributed by atoms with Gasteiger partial charge >= 0.3 is 0 Å². The van der Waals surface area contributed by atoms with Crippen LogP contribution >= 0.6 is 11.3 Å². The van der Waals surface area contributed by atoms with E-state index in [2.05, 4.69) is 15.1 Å². The van der Waals surface area contributed by atoms with Crippen LogP contribution in [0.1, 0.15) is 5.82 Å². The van der Waals surface area contributed by atoms with Crippen molar-refractivity contribution in [3.63, 3.8) is 0 Å². The topological polar surface area (TPSA) is 90.9 Å². The summed E-state index contributed by atoms with van der Waals surface area (Å²) in [4.78, 5) is 7.92. The lowest BCUT2D eigenvalue weighted by atomic mass is 10.3. The van der Waals surface area contributed by atoms with E-state index in [1.54, 1.807) is 13.2 Å². The lowest BCUT2D eigenvalue weighted by molar-refractivity contribution is 0.424. The Bertz CT molecular complexity index is 818. The average Bonchev–Trinajstić information content (AvgIpc) is 3.06. The second kappa shape index (κ2) is 4.84. The molecular weight excluding hydrogens is 300 g/mol. The molecule has 0 amide bonds. The fourth-order valence-corrected chi connectivity index (χ4v) is 3.64. The van der Waals surface area contributed by atoms with Crippen LogP contribution in [0.2, 0.25) is 0 Å². The molecule has 0 N–H and O–H groups in total. The maximum atomic E-state index is 12.2. The van der Waals surface area contributed by atoms with Crippen LogP contribution in [-0.2, 0) is 22.6 Å². The summed E-state index contributed by atoms with van der Waals surface area (Å²) >= 11 is 1.50. The molecule has 0 spiro atoms. The molecule has 0 fully saturated rings. The summed E-state index contributed by atoms with van der Waals surface area (Å²) < 4.78 is 30.8. The summed E-state index contributed by atoms with van der Waals surface area (Å²) in [6.07, 6.45) is 3.00. The summed E-state index contributed by atoms with van der Waals surface area (Å²) in [7, 11) is -1.97. The molecule has 0 saturated heterocycles. The van der Waals surface area contributed by atoms with Crippen molar-refractivity contribution in [3.8, 4) is 11.5 Å². The largest absolute Gasteiger partial charge is 0.334 e. The molecule has 9 heteroatoms. The van der Waals surface area contributed by atoms with E-state index in [-0.39, 0.29) is 16.7 Å². The summed E-state index contributed by atoms with van der Waals surface area (Å²) in [6, 6.07) is 1.83. The molecule has 0 aliphatic heterocycles. The zero-order chi connectivity index (χ0) is 14.2. The maximum absolute atomic E-state index is 12.2. The lowest BCUT2D eigenvalue weighted by Crippen LogP contribution is -2.11. The molecule has 0 aromatic carbocycles. The Labute approximate surface area is 118 Å². The Morgan fingerprint density at radius 2 is 2.30 bits per heavy atom. The smallest absolute Gasteiger partial charge is 0.258 e. The van der Waals surface area contributed by atoms with Crippen LogP contribution in [-0.4, -0.2) is 28.1 Å². The van der Waals surface area contributed by atoms with Gasteiger partial charge in [0.25, 0.3) is 5.89 Å². The fourth-order valence-electron chi connectivity index (χ4n) is 1.70. The molecule has 3 aromatic heterocycles. The lowest BCUT2D eigenvalue weighted by Gasteiger charge is -2.00. The third-order valence-electron chi connectivity index (χ3n) is 2.61. The van der Waals surface area contributed by atoms with Gasteiger partial charge in [0.1, 0.15) is 5.75 Å². The first kappa shape index (κ1) is 13.0. The number of thiophene rings is 1. The van der Waals surface area contributed by atoms with E-state index in [1.165, 1.54) is 22.1 Å². The minimum atomic E-state index is -3.59. The first-order valence-electron chi connectivity index (χ1n) is 5.61. The molecule has 0 aliphatic rings. The molecular formula is C11H10N4O3S2. The molecule has 0 aliphatic carbocycles. The molecule has 7 nitrogen and oxygen atoms in total. The minimum Gasteiger partial charge on any atom is -0.334 e. The van der Waals surface area contributed by atoms with Crippen LogP contribution in [0.3, 0.4) is 0 Å². The van der Waals surface area contributed by atoms with Crippen molar-refractivity contribution in [1.82, 2.24) is 19.7 Å². The van der Waals surface area contributed by atoms with Gasteiger partial charge in [-0.05, 0) is 11.4 Å². The number of aryl methyl sites for hydroxylation is 1. The Morgan fingerprint density at radius 1 is 1.45 bits per heavy atom.